The minimum atomic E-state index is -0.784. The third-order valence-electron chi connectivity index (χ3n) is 3.27. The van der Waals surface area contributed by atoms with Gasteiger partial charge in [0.2, 0.25) is 5.91 Å². The Bertz CT molecular complexity index is 296. The Hall–Kier alpha value is -1.14. The number of carboxylic acid groups (broad SMARTS) is 1. The number of carbonyl (C=O) groups is 2. The molecule has 0 aliphatic carbocycles. The summed E-state index contributed by atoms with van der Waals surface area (Å²) in [5, 5.41) is 12.3. The lowest BCUT2D eigenvalue weighted by Crippen LogP contribution is -2.52. The van der Waals surface area contributed by atoms with Crippen molar-refractivity contribution in [1.82, 2.24) is 10.2 Å². The van der Waals surface area contributed by atoms with Crippen LogP contribution in [0.25, 0.3) is 0 Å². The minimum Gasteiger partial charge on any atom is -0.481 e. The highest BCUT2D eigenvalue weighted by Gasteiger charge is 2.29. The minimum absolute atomic E-state index is 0.0789. The molecule has 1 aliphatic rings. The van der Waals surface area contributed by atoms with E-state index in [2.05, 4.69) is 19.2 Å². The van der Waals surface area contributed by atoms with Crippen LogP contribution < -0.4 is 11.1 Å². The van der Waals surface area contributed by atoms with E-state index >= 15 is 0 Å². The van der Waals surface area contributed by atoms with E-state index in [-0.39, 0.29) is 30.8 Å². The van der Waals surface area contributed by atoms with Gasteiger partial charge in [-0.15, -0.1) is 0 Å². The van der Waals surface area contributed by atoms with Crippen LogP contribution in [0, 0.1) is 11.8 Å². The maximum Gasteiger partial charge on any atom is 0.303 e. The first-order valence-corrected chi connectivity index (χ1v) is 6.82. The lowest BCUT2D eigenvalue weighted by Gasteiger charge is -2.37. The van der Waals surface area contributed by atoms with Gasteiger partial charge < -0.3 is 16.2 Å². The molecule has 19 heavy (non-hydrogen) atoms. The molecule has 0 aromatic heterocycles. The predicted octanol–water partition coefficient (Wildman–Crippen LogP) is -0.117. The molecule has 1 rings (SSSR count). The second kappa shape index (κ2) is 7.45. The van der Waals surface area contributed by atoms with Crippen molar-refractivity contribution in [3.63, 3.8) is 0 Å². The van der Waals surface area contributed by atoms with E-state index in [4.69, 9.17) is 10.8 Å². The van der Waals surface area contributed by atoms with E-state index in [9.17, 15) is 9.59 Å². The molecule has 1 fully saturated rings. The molecule has 0 aromatic carbocycles. The van der Waals surface area contributed by atoms with Crippen LogP contribution in [0.2, 0.25) is 0 Å². The first-order valence-electron chi connectivity index (χ1n) is 6.82. The molecular formula is C13H25N3O3. The Morgan fingerprint density at radius 2 is 2.11 bits per heavy atom. The van der Waals surface area contributed by atoms with Crippen molar-refractivity contribution in [3.05, 3.63) is 0 Å². The van der Waals surface area contributed by atoms with Gasteiger partial charge >= 0.3 is 5.97 Å². The summed E-state index contributed by atoms with van der Waals surface area (Å²) in [5.41, 5.74) is 5.22. The number of aliphatic carboxylic acids is 1. The molecule has 2 unspecified atom stereocenters. The number of carbonyl (C=O) groups excluding carboxylic acids is 1. The van der Waals surface area contributed by atoms with E-state index in [1.807, 2.05) is 4.90 Å². The lowest BCUT2D eigenvalue weighted by molar-refractivity contribution is -0.138. The van der Waals surface area contributed by atoms with Crippen LogP contribution in [-0.2, 0) is 9.59 Å². The largest absolute Gasteiger partial charge is 0.481 e. The molecule has 0 radical (unpaired) electrons. The Morgan fingerprint density at radius 1 is 1.42 bits per heavy atom. The second-order valence-electron chi connectivity index (χ2n) is 5.86. The van der Waals surface area contributed by atoms with Crippen molar-refractivity contribution in [2.75, 3.05) is 26.2 Å². The summed E-state index contributed by atoms with van der Waals surface area (Å²) in [6.45, 7) is 6.75. The number of hydrogen-bond donors (Lipinski definition) is 3. The smallest absolute Gasteiger partial charge is 0.303 e. The molecule has 1 aliphatic heterocycles. The zero-order valence-electron chi connectivity index (χ0n) is 11.8. The van der Waals surface area contributed by atoms with Crippen LogP contribution in [0.1, 0.15) is 26.7 Å². The fourth-order valence-electron chi connectivity index (χ4n) is 2.60. The quantitative estimate of drug-likeness (QED) is 0.600. The van der Waals surface area contributed by atoms with Crippen LogP contribution in [0.4, 0.5) is 0 Å². The van der Waals surface area contributed by atoms with Crippen molar-refractivity contribution < 1.29 is 14.7 Å². The van der Waals surface area contributed by atoms with Gasteiger partial charge in [-0.3, -0.25) is 14.5 Å². The van der Waals surface area contributed by atoms with Crippen molar-refractivity contribution in [1.29, 1.82) is 0 Å². The first kappa shape index (κ1) is 15.9. The normalized spacial score (nSPS) is 24.6. The topological polar surface area (TPSA) is 95.7 Å². The lowest BCUT2D eigenvalue weighted by atomic mass is 9.91. The van der Waals surface area contributed by atoms with Gasteiger partial charge in [0.05, 0.1) is 6.54 Å². The summed E-state index contributed by atoms with van der Waals surface area (Å²) in [6.07, 6.45) is 0.989. The van der Waals surface area contributed by atoms with Crippen molar-refractivity contribution in [2.45, 2.75) is 32.7 Å². The molecule has 6 nitrogen and oxygen atoms in total. The van der Waals surface area contributed by atoms with Gasteiger partial charge in [-0.05, 0) is 24.8 Å². The van der Waals surface area contributed by atoms with Gasteiger partial charge in [-0.25, -0.2) is 0 Å². The average molecular weight is 271 g/mol. The number of likely N-dealkylation sites (tertiary alicyclic amines) is 1. The summed E-state index contributed by atoms with van der Waals surface area (Å²) in [6, 6.07) is 0.236. The third kappa shape index (κ3) is 6.54. The first-order chi connectivity index (χ1) is 8.86. The third-order valence-corrected chi connectivity index (χ3v) is 3.27. The number of hydrogen-bond acceptors (Lipinski definition) is 4. The summed E-state index contributed by atoms with van der Waals surface area (Å²) in [7, 11) is 0. The van der Waals surface area contributed by atoms with Crippen LogP contribution in [0.5, 0.6) is 0 Å². The fraction of sp³-hybridized carbons (Fsp3) is 0.846. The second-order valence-corrected chi connectivity index (χ2v) is 5.86. The molecule has 0 spiro atoms. The number of nitrogens with zero attached hydrogens (tertiary/aromatic N) is 1. The maximum absolute atomic E-state index is 11.0. The van der Waals surface area contributed by atoms with Crippen LogP contribution in [-0.4, -0.2) is 54.1 Å². The van der Waals surface area contributed by atoms with Crippen LogP contribution in [0.3, 0.4) is 0 Å². The van der Waals surface area contributed by atoms with Gasteiger partial charge in [0.1, 0.15) is 0 Å². The van der Waals surface area contributed by atoms with E-state index < -0.39 is 5.97 Å². The number of amides is 1. The molecule has 6 heteroatoms. The van der Waals surface area contributed by atoms with Gasteiger partial charge in [-0.1, -0.05) is 13.8 Å². The van der Waals surface area contributed by atoms with Crippen LogP contribution >= 0.6 is 0 Å². The summed E-state index contributed by atoms with van der Waals surface area (Å²) in [5.74, 6) is -0.521. The van der Waals surface area contributed by atoms with Gasteiger partial charge in [0, 0.05) is 25.6 Å². The molecule has 1 amide bonds. The van der Waals surface area contributed by atoms with Gasteiger partial charge in [-0.2, -0.15) is 0 Å². The fourth-order valence-corrected chi connectivity index (χ4v) is 2.60. The molecule has 0 saturated carbocycles. The molecule has 4 N–H and O–H groups in total. The summed E-state index contributed by atoms with van der Waals surface area (Å²) >= 11 is 0. The molecule has 1 heterocycles. The average Bonchev–Trinajstić information content (AvgIpc) is 2.24. The van der Waals surface area contributed by atoms with E-state index in [1.165, 1.54) is 0 Å². The standard InChI is InChI=1S/C13H25N3O3/c1-9(2)5-15-11-3-10(4-13(18)19)6-16(7-11)8-12(14)17/h9-11,15H,3-8H2,1-2H3,(H2,14,17)(H,18,19). The molecule has 2 atom stereocenters. The zero-order valence-corrected chi connectivity index (χ0v) is 11.8. The van der Waals surface area contributed by atoms with E-state index in [0.29, 0.717) is 12.5 Å². The number of nitrogens with one attached hydrogen (secondary N) is 1. The number of carboxylic acids is 1. The number of nitrogens with two attached hydrogens (primary N) is 1. The SMILES string of the molecule is CC(C)CNC1CC(CC(=O)O)CN(CC(N)=O)C1. The van der Waals surface area contributed by atoms with E-state index in [1.54, 1.807) is 0 Å². The monoisotopic (exact) mass is 271 g/mol. The van der Waals surface area contributed by atoms with Gasteiger partial charge in [0.25, 0.3) is 0 Å². The summed E-state index contributed by atoms with van der Waals surface area (Å²) < 4.78 is 0. The number of rotatable bonds is 7. The van der Waals surface area contributed by atoms with Gasteiger partial charge in [0.15, 0.2) is 0 Å². The Labute approximate surface area is 114 Å². The zero-order chi connectivity index (χ0) is 14.4. The van der Waals surface area contributed by atoms with Crippen molar-refractivity contribution in [2.24, 2.45) is 17.6 Å². The van der Waals surface area contributed by atoms with Crippen LogP contribution in [0.15, 0.2) is 0 Å². The van der Waals surface area contributed by atoms with Crippen molar-refractivity contribution in [3.8, 4) is 0 Å². The number of primary amides is 1. The van der Waals surface area contributed by atoms with Crippen molar-refractivity contribution >= 4 is 11.9 Å². The Balaban J connectivity index is 2.55. The highest BCUT2D eigenvalue weighted by molar-refractivity contribution is 5.76. The molecule has 0 aromatic rings. The highest BCUT2D eigenvalue weighted by Crippen LogP contribution is 2.20. The van der Waals surface area contributed by atoms with E-state index in [0.717, 1.165) is 19.5 Å². The Morgan fingerprint density at radius 3 is 2.63 bits per heavy atom. The number of piperidine rings is 1. The molecular weight excluding hydrogens is 246 g/mol. The predicted molar refractivity (Wildman–Crippen MR) is 72.6 cm³/mol. The highest BCUT2D eigenvalue weighted by atomic mass is 16.4. The molecule has 0 bridgehead atoms. The molecule has 110 valence electrons. The Kier molecular flexibility index (Phi) is 6.24. The maximum atomic E-state index is 11.0. The molecule has 1 saturated heterocycles. The summed E-state index contributed by atoms with van der Waals surface area (Å²) in [4.78, 5) is 23.8.